The van der Waals surface area contributed by atoms with Crippen molar-refractivity contribution in [2.24, 2.45) is 5.90 Å². The van der Waals surface area contributed by atoms with Gasteiger partial charge in [0.05, 0.1) is 8.95 Å². The maximum Gasteiger partial charge on any atom is 0.392 e. The van der Waals surface area contributed by atoms with E-state index in [2.05, 4.69) is 36.7 Å². The van der Waals surface area contributed by atoms with E-state index in [9.17, 15) is 9.90 Å². The van der Waals surface area contributed by atoms with Gasteiger partial charge in [-0.2, -0.15) is 5.90 Å². The lowest BCUT2D eigenvalue weighted by molar-refractivity contribution is 0.0469. The van der Waals surface area contributed by atoms with Crippen molar-refractivity contribution >= 4 is 48.8 Å². The van der Waals surface area contributed by atoms with Crippen LogP contribution in [0.5, 0.6) is 5.75 Å². The molecule has 0 amide bonds. The standard InChI is InChI=1S/C9H5Br2NO4/c10-4-2-5-3(7(11)8(4)13)1-6(15-5)9(14)16-12/h1-2,13H,12H2. The van der Waals surface area contributed by atoms with E-state index >= 15 is 0 Å². The van der Waals surface area contributed by atoms with Gasteiger partial charge in [-0.25, -0.2) is 4.79 Å². The average Bonchev–Trinajstić information content (AvgIpc) is 2.69. The summed E-state index contributed by atoms with van der Waals surface area (Å²) >= 11 is 6.34. The zero-order valence-corrected chi connectivity index (χ0v) is 10.8. The molecule has 2 aromatic rings. The molecule has 0 spiro atoms. The molecule has 0 saturated carbocycles. The van der Waals surface area contributed by atoms with Crippen molar-refractivity contribution in [1.29, 1.82) is 0 Å². The minimum absolute atomic E-state index is 0.0287. The fourth-order valence-electron chi connectivity index (χ4n) is 1.26. The van der Waals surface area contributed by atoms with Gasteiger partial charge >= 0.3 is 5.97 Å². The average molecular weight is 351 g/mol. The van der Waals surface area contributed by atoms with Crippen LogP contribution >= 0.6 is 31.9 Å². The van der Waals surface area contributed by atoms with Crippen molar-refractivity contribution in [2.75, 3.05) is 0 Å². The highest BCUT2D eigenvalue weighted by molar-refractivity contribution is 9.11. The van der Waals surface area contributed by atoms with Gasteiger partial charge in [-0.05, 0) is 37.9 Å². The fraction of sp³-hybridized carbons (Fsp3) is 0. The lowest BCUT2D eigenvalue weighted by Crippen LogP contribution is -2.08. The van der Waals surface area contributed by atoms with Crippen molar-refractivity contribution in [3.05, 3.63) is 26.8 Å². The predicted molar refractivity (Wildman–Crippen MR) is 62.9 cm³/mol. The second-order valence-electron chi connectivity index (χ2n) is 2.95. The van der Waals surface area contributed by atoms with E-state index in [-0.39, 0.29) is 11.5 Å². The highest BCUT2D eigenvalue weighted by Gasteiger charge is 2.17. The Morgan fingerprint density at radius 1 is 1.44 bits per heavy atom. The smallest absolute Gasteiger partial charge is 0.392 e. The maximum atomic E-state index is 11.1. The number of hydrogen-bond acceptors (Lipinski definition) is 5. The second-order valence-corrected chi connectivity index (χ2v) is 4.60. The lowest BCUT2D eigenvalue weighted by atomic mass is 10.2. The van der Waals surface area contributed by atoms with Gasteiger partial charge in [0.2, 0.25) is 5.76 Å². The lowest BCUT2D eigenvalue weighted by Gasteiger charge is -1.99. The molecule has 0 saturated heterocycles. The Morgan fingerprint density at radius 2 is 2.12 bits per heavy atom. The van der Waals surface area contributed by atoms with Gasteiger partial charge in [0.25, 0.3) is 0 Å². The van der Waals surface area contributed by atoms with Gasteiger partial charge in [-0.1, -0.05) is 0 Å². The molecule has 0 aliphatic heterocycles. The molecule has 3 N–H and O–H groups in total. The summed E-state index contributed by atoms with van der Waals surface area (Å²) in [6.07, 6.45) is 0. The van der Waals surface area contributed by atoms with E-state index in [0.29, 0.717) is 19.9 Å². The van der Waals surface area contributed by atoms with Crippen LogP contribution in [0.25, 0.3) is 11.0 Å². The van der Waals surface area contributed by atoms with Crippen LogP contribution in [0.4, 0.5) is 0 Å². The second kappa shape index (κ2) is 4.08. The zero-order chi connectivity index (χ0) is 11.9. The maximum absolute atomic E-state index is 11.1. The fourth-order valence-corrected chi connectivity index (χ4v) is 2.45. The summed E-state index contributed by atoms with van der Waals surface area (Å²) in [7, 11) is 0. The van der Waals surface area contributed by atoms with Crippen LogP contribution in [0.3, 0.4) is 0 Å². The third-order valence-corrected chi connectivity index (χ3v) is 3.40. The van der Waals surface area contributed by atoms with Crippen molar-refractivity contribution in [1.82, 2.24) is 0 Å². The zero-order valence-electron chi connectivity index (χ0n) is 7.66. The van der Waals surface area contributed by atoms with Crippen molar-refractivity contribution < 1.29 is 19.2 Å². The Balaban J connectivity index is 2.71. The Labute approximate surface area is 106 Å². The highest BCUT2D eigenvalue weighted by atomic mass is 79.9. The molecule has 1 aromatic heterocycles. The van der Waals surface area contributed by atoms with Gasteiger partial charge < -0.3 is 14.4 Å². The van der Waals surface area contributed by atoms with Crippen LogP contribution in [-0.4, -0.2) is 11.1 Å². The SMILES string of the molecule is NOC(=O)c1cc2c(Br)c(O)c(Br)cc2o1. The number of benzene rings is 1. The molecule has 0 atom stereocenters. The molecule has 1 heterocycles. The summed E-state index contributed by atoms with van der Waals surface area (Å²) in [5.41, 5.74) is 0.428. The molecule has 5 nitrogen and oxygen atoms in total. The molecule has 0 aliphatic rings. The van der Waals surface area contributed by atoms with Crippen LogP contribution in [-0.2, 0) is 4.84 Å². The van der Waals surface area contributed by atoms with Gasteiger partial charge in [-0.3, -0.25) is 0 Å². The summed E-state index contributed by atoms with van der Waals surface area (Å²) in [5, 5.41) is 10.2. The summed E-state index contributed by atoms with van der Waals surface area (Å²) in [6, 6.07) is 2.98. The minimum Gasteiger partial charge on any atom is -0.506 e. The van der Waals surface area contributed by atoms with E-state index in [1.807, 2.05) is 0 Å². The number of rotatable bonds is 1. The van der Waals surface area contributed by atoms with Gasteiger partial charge in [0.15, 0.2) is 0 Å². The van der Waals surface area contributed by atoms with Crippen molar-refractivity contribution in [3.8, 4) is 5.75 Å². The number of carbonyl (C=O) groups is 1. The first-order valence-electron chi connectivity index (χ1n) is 4.06. The number of furan rings is 1. The minimum atomic E-state index is -0.779. The number of carbonyl (C=O) groups excluding carboxylic acids is 1. The molecular weight excluding hydrogens is 346 g/mol. The summed E-state index contributed by atoms with van der Waals surface area (Å²) in [5.74, 6) is 3.96. The molecule has 84 valence electrons. The normalized spacial score (nSPS) is 10.7. The van der Waals surface area contributed by atoms with Crippen LogP contribution < -0.4 is 5.90 Å². The van der Waals surface area contributed by atoms with E-state index in [4.69, 9.17) is 10.3 Å². The number of aromatic hydroxyl groups is 1. The molecule has 0 radical (unpaired) electrons. The monoisotopic (exact) mass is 349 g/mol. The molecule has 16 heavy (non-hydrogen) atoms. The van der Waals surface area contributed by atoms with E-state index in [1.165, 1.54) is 6.07 Å². The molecule has 1 aromatic carbocycles. The number of halogens is 2. The van der Waals surface area contributed by atoms with Gasteiger partial charge in [0, 0.05) is 11.5 Å². The third-order valence-electron chi connectivity index (χ3n) is 2.00. The Morgan fingerprint density at radius 3 is 2.75 bits per heavy atom. The number of fused-ring (bicyclic) bond motifs is 1. The molecule has 0 bridgehead atoms. The highest BCUT2D eigenvalue weighted by Crippen LogP contribution is 2.39. The topological polar surface area (TPSA) is 85.7 Å². The first kappa shape index (κ1) is 11.4. The summed E-state index contributed by atoms with van der Waals surface area (Å²) < 4.78 is 6.09. The Hall–Kier alpha value is -1.05. The molecular formula is C9H5Br2NO4. The molecule has 2 rings (SSSR count). The number of nitrogens with two attached hydrogens (primary N) is 1. The van der Waals surface area contributed by atoms with Crippen molar-refractivity contribution in [3.63, 3.8) is 0 Å². The first-order chi connectivity index (χ1) is 7.54. The summed E-state index contributed by atoms with van der Waals surface area (Å²) in [4.78, 5) is 15.2. The van der Waals surface area contributed by atoms with Crippen LogP contribution in [0.15, 0.2) is 25.5 Å². The Kier molecular flexibility index (Phi) is 2.92. The first-order valence-corrected chi connectivity index (χ1v) is 5.64. The quantitative estimate of drug-likeness (QED) is 0.772. The van der Waals surface area contributed by atoms with Crippen LogP contribution in [0.1, 0.15) is 10.6 Å². The van der Waals surface area contributed by atoms with E-state index in [1.54, 1.807) is 6.07 Å². The Bertz CT molecular complexity index is 578. The number of phenolic OH excluding ortho intramolecular Hbond substituents is 1. The van der Waals surface area contributed by atoms with E-state index in [0.717, 1.165) is 0 Å². The molecule has 0 fully saturated rings. The largest absolute Gasteiger partial charge is 0.506 e. The summed E-state index contributed by atoms with van der Waals surface area (Å²) in [6.45, 7) is 0. The molecule has 0 aliphatic carbocycles. The van der Waals surface area contributed by atoms with Crippen molar-refractivity contribution in [2.45, 2.75) is 0 Å². The molecule has 0 unspecified atom stereocenters. The molecule has 7 heteroatoms. The van der Waals surface area contributed by atoms with Gasteiger partial charge in [0.1, 0.15) is 11.3 Å². The van der Waals surface area contributed by atoms with Crippen LogP contribution in [0, 0.1) is 0 Å². The van der Waals surface area contributed by atoms with E-state index < -0.39 is 5.97 Å². The predicted octanol–water partition coefficient (Wildman–Crippen LogP) is 2.69. The van der Waals surface area contributed by atoms with Gasteiger partial charge in [-0.15, -0.1) is 0 Å². The number of hydrogen-bond donors (Lipinski definition) is 2. The van der Waals surface area contributed by atoms with Crippen LogP contribution in [0.2, 0.25) is 0 Å². The third kappa shape index (κ3) is 1.70. The number of phenols is 1.